The van der Waals surface area contributed by atoms with E-state index in [0.717, 1.165) is 33.7 Å². The number of aromatic nitrogens is 3. The molecule has 100 valence electrons. The van der Waals surface area contributed by atoms with Crippen molar-refractivity contribution in [3.8, 4) is 0 Å². The van der Waals surface area contributed by atoms with Gasteiger partial charge in [-0.15, -0.1) is 0 Å². The van der Waals surface area contributed by atoms with E-state index in [0.29, 0.717) is 6.54 Å². The smallest absolute Gasteiger partial charge is 0.129 e. The van der Waals surface area contributed by atoms with E-state index in [1.165, 1.54) is 0 Å². The van der Waals surface area contributed by atoms with Crippen LogP contribution in [0.1, 0.15) is 17.0 Å². The Morgan fingerprint density at radius 1 is 1.05 bits per heavy atom. The highest BCUT2D eigenvalue weighted by atomic mass is 15.0. The summed E-state index contributed by atoms with van der Waals surface area (Å²) < 4.78 is 0. The minimum atomic E-state index is 0.624. The van der Waals surface area contributed by atoms with Gasteiger partial charge in [0.25, 0.3) is 0 Å². The first-order chi connectivity index (χ1) is 9.72. The average Bonchev–Trinajstić information content (AvgIpc) is 2.47. The second-order valence-electron chi connectivity index (χ2n) is 4.85. The fourth-order valence-corrected chi connectivity index (χ4v) is 2.09. The second-order valence-corrected chi connectivity index (χ2v) is 4.85. The van der Waals surface area contributed by atoms with E-state index in [4.69, 9.17) is 0 Å². The largest absolute Gasteiger partial charge is 0.364 e. The van der Waals surface area contributed by atoms with Crippen molar-refractivity contribution < 1.29 is 0 Å². The fourth-order valence-electron chi connectivity index (χ4n) is 2.09. The van der Waals surface area contributed by atoms with E-state index >= 15 is 0 Å². The van der Waals surface area contributed by atoms with Crippen molar-refractivity contribution in [2.75, 3.05) is 5.32 Å². The van der Waals surface area contributed by atoms with Crippen LogP contribution in [0.5, 0.6) is 0 Å². The number of nitrogens with one attached hydrogen (secondary N) is 1. The van der Waals surface area contributed by atoms with Gasteiger partial charge in [0.1, 0.15) is 5.82 Å². The van der Waals surface area contributed by atoms with Gasteiger partial charge in [-0.2, -0.15) is 0 Å². The normalized spacial score (nSPS) is 10.7. The monoisotopic (exact) mass is 264 g/mol. The molecule has 1 N–H and O–H groups in total. The van der Waals surface area contributed by atoms with Gasteiger partial charge in [0.15, 0.2) is 0 Å². The van der Waals surface area contributed by atoms with Crippen LogP contribution in [0, 0.1) is 13.8 Å². The molecule has 3 aromatic rings. The summed E-state index contributed by atoms with van der Waals surface area (Å²) in [4.78, 5) is 13.2. The Kier molecular flexibility index (Phi) is 3.29. The average molecular weight is 264 g/mol. The highest BCUT2D eigenvalue weighted by Gasteiger charge is 2.03. The molecule has 4 heteroatoms. The molecule has 0 amide bonds. The van der Waals surface area contributed by atoms with Crippen molar-refractivity contribution in [2.45, 2.75) is 20.4 Å². The molecule has 4 nitrogen and oxygen atoms in total. The van der Waals surface area contributed by atoms with E-state index in [-0.39, 0.29) is 0 Å². The van der Waals surface area contributed by atoms with Crippen LogP contribution >= 0.6 is 0 Å². The van der Waals surface area contributed by atoms with Crippen LogP contribution in [0.2, 0.25) is 0 Å². The third-order valence-electron chi connectivity index (χ3n) is 3.19. The van der Waals surface area contributed by atoms with E-state index in [1.807, 2.05) is 25.1 Å². The van der Waals surface area contributed by atoms with Crippen molar-refractivity contribution >= 4 is 16.7 Å². The van der Waals surface area contributed by atoms with Crippen LogP contribution in [0.3, 0.4) is 0 Å². The van der Waals surface area contributed by atoms with Crippen molar-refractivity contribution in [1.82, 2.24) is 15.0 Å². The highest BCUT2D eigenvalue weighted by Crippen LogP contribution is 2.19. The number of rotatable bonds is 3. The van der Waals surface area contributed by atoms with Gasteiger partial charge in [0, 0.05) is 11.6 Å². The Morgan fingerprint density at radius 2 is 1.90 bits per heavy atom. The number of para-hydroxylation sites is 1. The zero-order valence-corrected chi connectivity index (χ0v) is 11.6. The van der Waals surface area contributed by atoms with Crippen LogP contribution in [0.25, 0.3) is 10.9 Å². The van der Waals surface area contributed by atoms with E-state index in [9.17, 15) is 0 Å². The Labute approximate surface area is 117 Å². The van der Waals surface area contributed by atoms with Crippen molar-refractivity contribution in [3.63, 3.8) is 0 Å². The van der Waals surface area contributed by atoms with Crippen molar-refractivity contribution in [3.05, 3.63) is 59.7 Å². The zero-order valence-electron chi connectivity index (χ0n) is 11.6. The number of anilines is 1. The highest BCUT2D eigenvalue weighted by molar-refractivity contribution is 5.81. The van der Waals surface area contributed by atoms with Crippen LogP contribution < -0.4 is 5.32 Å². The van der Waals surface area contributed by atoms with E-state index < -0.39 is 0 Å². The lowest BCUT2D eigenvalue weighted by molar-refractivity contribution is 0.976. The minimum Gasteiger partial charge on any atom is -0.364 e. The predicted octanol–water partition coefficient (Wildman–Crippen LogP) is 3.25. The van der Waals surface area contributed by atoms with Gasteiger partial charge in [-0.1, -0.05) is 18.2 Å². The summed E-state index contributed by atoms with van der Waals surface area (Å²) in [5, 5.41) is 4.49. The lowest BCUT2D eigenvalue weighted by Crippen LogP contribution is -2.05. The quantitative estimate of drug-likeness (QED) is 0.789. The van der Waals surface area contributed by atoms with Crippen LogP contribution in [-0.2, 0) is 6.54 Å². The number of fused-ring (bicyclic) bond motifs is 1. The molecule has 20 heavy (non-hydrogen) atoms. The first-order valence-electron chi connectivity index (χ1n) is 6.60. The number of pyridine rings is 1. The van der Waals surface area contributed by atoms with Gasteiger partial charge in [-0.3, -0.25) is 9.97 Å². The maximum Gasteiger partial charge on any atom is 0.129 e. The third kappa shape index (κ3) is 2.59. The number of nitrogens with zero attached hydrogens (tertiary/aromatic N) is 3. The molecule has 0 fully saturated rings. The molecule has 2 aromatic heterocycles. The maximum absolute atomic E-state index is 4.65. The standard InChI is InChI=1S/C16H16N4/c1-11-7-13-5-3-4-6-15(13)20-16(11)19-10-14-9-17-12(2)8-18-14/h3-9H,10H2,1-2H3,(H,19,20). The molecule has 1 aromatic carbocycles. The lowest BCUT2D eigenvalue weighted by atomic mass is 10.1. The SMILES string of the molecule is Cc1cnc(CNc2nc3ccccc3cc2C)cn1. The molecule has 0 aliphatic rings. The molecule has 0 radical (unpaired) electrons. The topological polar surface area (TPSA) is 50.7 Å². The molecule has 0 bridgehead atoms. The van der Waals surface area contributed by atoms with Crippen LogP contribution in [0.15, 0.2) is 42.7 Å². The molecule has 2 heterocycles. The summed E-state index contributed by atoms with van der Waals surface area (Å²) in [5.74, 6) is 0.895. The van der Waals surface area contributed by atoms with Gasteiger partial charge < -0.3 is 5.32 Å². The summed E-state index contributed by atoms with van der Waals surface area (Å²) in [6.45, 7) is 4.61. The van der Waals surface area contributed by atoms with Gasteiger partial charge in [0.2, 0.25) is 0 Å². The molecule has 3 rings (SSSR count). The van der Waals surface area contributed by atoms with E-state index in [2.05, 4.69) is 39.3 Å². The van der Waals surface area contributed by atoms with Crippen molar-refractivity contribution in [1.29, 1.82) is 0 Å². The number of hydrogen-bond acceptors (Lipinski definition) is 4. The first kappa shape index (κ1) is 12.5. The first-order valence-corrected chi connectivity index (χ1v) is 6.60. The van der Waals surface area contributed by atoms with Crippen molar-refractivity contribution in [2.24, 2.45) is 0 Å². The molecule has 0 saturated carbocycles. The molecular formula is C16H16N4. The summed E-state index contributed by atoms with van der Waals surface area (Å²) in [7, 11) is 0. The van der Waals surface area contributed by atoms with Crippen LogP contribution in [0.4, 0.5) is 5.82 Å². The van der Waals surface area contributed by atoms with Gasteiger partial charge in [0.05, 0.1) is 29.6 Å². The maximum atomic E-state index is 4.65. The molecule has 0 unspecified atom stereocenters. The van der Waals surface area contributed by atoms with Crippen LogP contribution in [-0.4, -0.2) is 15.0 Å². The Hall–Kier alpha value is -2.49. The predicted molar refractivity (Wildman–Crippen MR) is 80.6 cm³/mol. The minimum absolute atomic E-state index is 0.624. The second kappa shape index (κ2) is 5.25. The van der Waals surface area contributed by atoms with Gasteiger partial charge >= 0.3 is 0 Å². The molecule has 0 aliphatic heterocycles. The molecule has 0 saturated heterocycles. The fraction of sp³-hybridized carbons (Fsp3) is 0.188. The Bertz CT molecular complexity index is 735. The third-order valence-corrected chi connectivity index (χ3v) is 3.19. The molecular weight excluding hydrogens is 248 g/mol. The number of aryl methyl sites for hydroxylation is 2. The van der Waals surface area contributed by atoms with Gasteiger partial charge in [-0.05, 0) is 31.5 Å². The zero-order chi connectivity index (χ0) is 13.9. The summed E-state index contributed by atoms with van der Waals surface area (Å²) in [6, 6.07) is 10.3. The molecule has 0 spiro atoms. The summed E-state index contributed by atoms with van der Waals surface area (Å²) >= 11 is 0. The lowest BCUT2D eigenvalue weighted by Gasteiger charge is -2.09. The van der Waals surface area contributed by atoms with Gasteiger partial charge in [-0.25, -0.2) is 4.98 Å². The summed E-state index contributed by atoms with van der Waals surface area (Å²) in [5.41, 5.74) is 3.96. The number of hydrogen-bond donors (Lipinski definition) is 1. The Morgan fingerprint density at radius 3 is 2.70 bits per heavy atom. The Balaban J connectivity index is 1.83. The summed E-state index contributed by atoms with van der Waals surface area (Å²) in [6.07, 6.45) is 3.57. The number of benzene rings is 1. The van der Waals surface area contributed by atoms with E-state index in [1.54, 1.807) is 12.4 Å². The molecule has 0 aliphatic carbocycles. The molecule has 0 atom stereocenters.